The summed E-state index contributed by atoms with van der Waals surface area (Å²) in [5.74, 6) is -1.14. The van der Waals surface area contributed by atoms with Gasteiger partial charge in [-0.1, -0.05) is 19.8 Å². The minimum absolute atomic E-state index is 0.00426. The maximum atomic E-state index is 12.6. The van der Waals surface area contributed by atoms with Gasteiger partial charge in [-0.05, 0) is 44.4 Å². The highest BCUT2D eigenvalue weighted by Gasteiger charge is 2.24. The van der Waals surface area contributed by atoms with Crippen LogP contribution in [0.5, 0.6) is 0 Å². The van der Waals surface area contributed by atoms with Crippen LogP contribution in [0.3, 0.4) is 0 Å². The number of anilines is 1. The van der Waals surface area contributed by atoms with Gasteiger partial charge in [0.2, 0.25) is 10.0 Å². The van der Waals surface area contributed by atoms with Crippen molar-refractivity contribution in [3.63, 3.8) is 0 Å². The minimum atomic E-state index is -3.78. The van der Waals surface area contributed by atoms with Crippen LogP contribution in [0.2, 0.25) is 0 Å². The van der Waals surface area contributed by atoms with Gasteiger partial charge in [-0.25, -0.2) is 17.9 Å². The molecule has 128 valence electrons. The van der Waals surface area contributed by atoms with Crippen LogP contribution < -0.4 is 10.0 Å². The predicted octanol–water partition coefficient (Wildman–Crippen LogP) is 2.82. The molecule has 3 N–H and O–H groups in total. The van der Waals surface area contributed by atoms with Crippen LogP contribution in [0.1, 0.15) is 56.3 Å². The Morgan fingerprint density at radius 1 is 1.35 bits per heavy atom. The lowest BCUT2D eigenvalue weighted by atomic mass is 10.2. The Kier molecular flexibility index (Phi) is 5.64. The number of carboxylic acids is 1. The second kappa shape index (κ2) is 7.31. The molecular formula is C16H24N2O4S. The largest absolute Gasteiger partial charge is 0.478 e. The molecule has 1 aliphatic rings. The fraction of sp³-hybridized carbons (Fsp3) is 0.562. The average molecular weight is 340 g/mol. The van der Waals surface area contributed by atoms with E-state index in [1.165, 1.54) is 12.1 Å². The number of nitrogens with one attached hydrogen (secondary N) is 2. The molecule has 0 spiro atoms. The lowest BCUT2D eigenvalue weighted by molar-refractivity contribution is 0.0696. The van der Waals surface area contributed by atoms with Crippen molar-refractivity contribution >= 4 is 21.7 Å². The number of rotatable bonds is 7. The van der Waals surface area contributed by atoms with Crippen LogP contribution in [0.25, 0.3) is 0 Å². The van der Waals surface area contributed by atoms with E-state index in [-0.39, 0.29) is 22.5 Å². The molecule has 7 heteroatoms. The van der Waals surface area contributed by atoms with Gasteiger partial charge in [0.15, 0.2) is 0 Å². The summed E-state index contributed by atoms with van der Waals surface area (Å²) in [6.07, 6.45) is 4.90. The fourth-order valence-electron chi connectivity index (χ4n) is 2.70. The van der Waals surface area contributed by atoms with E-state index >= 15 is 0 Å². The third-order valence-electron chi connectivity index (χ3n) is 4.20. The summed E-state index contributed by atoms with van der Waals surface area (Å²) in [5.41, 5.74) is 0.434. The normalized spacial score (nSPS) is 17.1. The molecule has 0 radical (unpaired) electrons. The van der Waals surface area contributed by atoms with Crippen LogP contribution in [0, 0.1) is 0 Å². The quantitative estimate of drug-likeness (QED) is 0.709. The Balaban J connectivity index is 2.39. The first-order valence-electron chi connectivity index (χ1n) is 7.99. The number of carbonyl (C=O) groups is 1. The summed E-state index contributed by atoms with van der Waals surface area (Å²) in [6, 6.07) is 4.23. The average Bonchev–Trinajstić information content (AvgIpc) is 2.99. The Hall–Kier alpha value is -1.60. The zero-order valence-electron chi connectivity index (χ0n) is 13.5. The molecule has 1 aromatic carbocycles. The zero-order chi connectivity index (χ0) is 17.0. The van der Waals surface area contributed by atoms with Gasteiger partial charge in [0.05, 0.1) is 11.3 Å². The molecule has 0 heterocycles. The summed E-state index contributed by atoms with van der Waals surface area (Å²) in [5, 5.41) is 12.4. The van der Waals surface area contributed by atoms with Crippen molar-refractivity contribution in [3.05, 3.63) is 23.8 Å². The highest BCUT2D eigenvalue weighted by molar-refractivity contribution is 7.89. The number of carboxylic acid groups (broad SMARTS) is 1. The van der Waals surface area contributed by atoms with Gasteiger partial charge in [0.25, 0.3) is 0 Å². The monoisotopic (exact) mass is 340 g/mol. The molecular weight excluding hydrogens is 316 g/mol. The second-order valence-corrected chi connectivity index (χ2v) is 7.75. The Bertz CT molecular complexity index is 667. The summed E-state index contributed by atoms with van der Waals surface area (Å²) >= 11 is 0. The first-order valence-corrected chi connectivity index (χ1v) is 9.48. The van der Waals surface area contributed by atoms with Crippen LogP contribution in [-0.4, -0.2) is 31.6 Å². The van der Waals surface area contributed by atoms with Gasteiger partial charge in [-0.3, -0.25) is 0 Å². The van der Waals surface area contributed by atoms with Crippen molar-refractivity contribution in [2.45, 2.75) is 62.9 Å². The van der Waals surface area contributed by atoms with Crippen molar-refractivity contribution in [1.29, 1.82) is 0 Å². The Labute approximate surface area is 137 Å². The van der Waals surface area contributed by atoms with Crippen molar-refractivity contribution in [1.82, 2.24) is 4.72 Å². The number of hydrogen-bond donors (Lipinski definition) is 3. The number of benzene rings is 1. The molecule has 1 fully saturated rings. The molecule has 0 amide bonds. The summed E-state index contributed by atoms with van der Waals surface area (Å²) in [7, 11) is -3.78. The number of sulfonamides is 1. The second-order valence-electron chi connectivity index (χ2n) is 6.07. The third-order valence-corrected chi connectivity index (χ3v) is 5.83. The Morgan fingerprint density at radius 3 is 2.57 bits per heavy atom. The van der Waals surface area contributed by atoms with E-state index < -0.39 is 16.0 Å². The van der Waals surface area contributed by atoms with E-state index in [0.717, 1.165) is 25.7 Å². The third kappa shape index (κ3) is 4.45. The zero-order valence-corrected chi connectivity index (χ0v) is 14.3. The molecule has 6 nitrogen and oxygen atoms in total. The number of aromatic carboxylic acids is 1. The maximum Gasteiger partial charge on any atom is 0.335 e. The van der Waals surface area contributed by atoms with E-state index in [2.05, 4.69) is 10.0 Å². The maximum absolute atomic E-state index is 12.6. The van der Waals surface area contributed by atoms with Crippen molar-refractivity contribution in [2.24, 2.45) is 0 Å². The molecule has 1 aromatic rings. The highest BCUT2D eigenvalue weighted by Crippen LogP contribution is 2.28. The van der Waals surface area contributed by atoms with Gasteiger partial charge in [-0.2, -0.15) is 0 Å². The topological polar surface area (TPSA) is 95.5 Å². The summed E-state index contributed by atoms with van der Waals surface area (Å²) in [4.78, 5) is 11.2. The minimum Gasteiger partial charge on any atom is -0.478 e. The predicted molar refractivity (Wildman–Crippen MR) is 89.4 cm³/mol. The van der Waals surface area contributed by atoms with E-state index in [9.17, 15) is 13.2 Å². The molecule has 2 rings (SSSR count). The van der Waals surface area contributed by atoms with Crippen LogP contribution in [0.15, 0.2) is 23.1 Å². The molecule has 0 bridgehead atoms. The smallest absolute Gasteiger partial charge is 0.335 e. The molecule has 0 aliphatic heterocycles. The van der Waals surface area contributed by atoms with Gasteiger partial charge in [0.1, 0.15) is 4.90 Å². The van der Waals surface area contributed by atoms with Crippen molar-refractivity contribution in [3.8, 4) is 0 Å². The van der Waals surface area contributed by atoms with E-state index in [0.29, 0.717) is 12.1 Å². The van der Waals surface area contributed by atoms with Crippen LogP contribution in [-0.2, 0) is 10.0 Å². The molecule has 0 saturated heterocycles. The molecule has 1 atom stereocenters. The molecule has 23 heavy (non-hydrogen) atoms. The van der Waals surface area contributed by atoms with Gasteiger partial charge in [0, 0.05) is 12.1 Å². The van der Waals surface area contributed by atoms with E-state index in [1.807, 2.05) is 6.92 Å². The molecule has 1 saturated carbocycles. The first kappa shape index (κ1) is 17.7. The standard InChI is InChI=1S/C16H24N2O4S/c1-3-11(2)18-23(21,22)15-10-12(16(19)20)8-9-14(15)17-13-6-4-5-7-13/h8-11,13,17-18H,3-7H2,1-2H3,(H,19,20)/t11-/m1/s1. The molecule has 0 unspecified atom stereocenters. The van der Waals surface area contributed by atoms with E-state index in [4.69, 9.17) is 5.11 Å². The van der Waals surface area contributed by atoms with Crippen LogP contribution in [0.4, 0.5) is 5.69 Å². The number of hydrogen-bond acceptors (Lipinski definition) is 4. The lowest BCUT2D eigenvalue weighted by Crippen LogP contribution is -2.33. The summed E-state index contributed by atoms with van der Waals surface area (Å²) < 4.78 is 27.8. The SMILES string of the molecule is CC[C@@H](C)NS(=O)(=O)c1cc(C(=O)O)ccc1NC1CCCC1. The summed E-state index contributed by atoms with van der Waals surface area (Å²) in [6.45, 7) is 3.67. The fourth-order valence-corrected chi connectivity index (χ4v) is 4.22. The Morgan fingerprint density at radius 2 is 2.00 bits per heavy atom. The first-order chi connectivity index (χ1) is 10.8. The highest BCUT2D eigenvalue weighted by atomic mass is 32.2. The van der Waals surface area contributed by atoms with E-state index in [1.54, 1.807) is 13.0 Å². The molecule has 1 aliphatic carbocycles. The van der Waals surface area contributed by atoms with Gasteiger partial charge in [-0.15, -0.1) is 0 Å². The van der Waals surface area contributed by atoms with Crippen molar-refractivity contribution in [2.75, 3.05) is 5.32 Å². The van der Waals surface area contributed by atoms with Crippen LogP contribution >= 0.6 is 0 Å². The van der Waals surface area contributed by atoms with Gasteiger partial charge >= 0.3 is 5.97 Å². The van der Waals surface area contributed by atoms with Gasteiger partial charge < -0.3 is 10.4 Å². The lowest BCUT2D eigenvalue weighted by Gasteiger charge is -2.19. The molecule has 0 aromatic heterocycles. The van der Waals surface area contributed by atoms with Crippen molar-refractivity contribution < 1.29 is 18.3 Å².